The monoisotopic (exact) mass is 353 g/mol. The van der Waals surface area contributed by atoms with Gasteiger partial charge in [0.2, 0.25) is 0 Å². The van der Waals surface area contributed by atoms with Crippen LogP contribution in [-0.4, -0.2) is 18.1 Å². The van der Waals surface area contributed by atoms with Crippen molar-refractivity contribution in [1.82, 2.24) is 0 Å². The Morgan fingerprint density at radius 3 is 2.52 bits per heavy atom. The maximum absolute atomic E-state index is 12.6. The number of halogens is 1. The van der Waals surface area contributed by atoms with Gasteiger partial charge in [0, 0.05) is 10.2 Å². The van der Waals surface area contributed by atoms with Crippen molar-refractivity contribution in [3.63, 3.8) is 0 Å². The molecule has 0 aliphatic heterocycles. The van der Waals surface area contributed by atoms with Gasteiger partial charge in [-0.3, -0.25) is 0 Å². The normalized spacial score (nSPS) is 24.4. The fourth-order valence-corrected chi connectivity index (χ4v) is 3.54. The van der Waals surface area contributed by atoms with Crippen LogP contribution in [0.2, 0.25) is 0 Å². The number of benzene rings is 1. The molecule has 21 heavy (non-hydrogen) atoms. The molecule has 1 aromatic rings. The lowest BCUT2D eigenvalue weighted by Gasteiger charge is -2.44. The highest BCUT2D eigenvalue weighted by molar-refractivity contribution is 9.10. The number of ether oxygens (including phenoxy) is 1. The van der Waals surface area contributed by atoms with E-state index in [0.29, 0.717) is 6.61 Å². The van der Waals surface area contributed by atoms with Gasteiger partial charge in [0.15, 0.2) is 0 Å². The Morgan fingerprint density at radius 2 is 1.95 bits per heavy atom. The highest BCUT2D eigenvalue weighted by Crippen LogP contribution is 2.43. The topological polar surface area (TPSA) is 38.3 Å². The minimum atomic E-state index is -0.606. The molecule has 116 valence electrons. The SMILES string of the molecule is CCOC(=O)C1(Nc2ccc(Br)cc2)CCCC(C)(C)C1. The van der Waals surface area contributed by atoms with Crippen LogP contribution in [0.4, 0.5) is 5.69 Å². The average molecular weight is 354 g/mol. The van der Waals surface area contributed by atoms with E-state index in [2.05, 4.69) is 35.1 Å². The molecule has 1 aliphatic rings. The Kier molecular flexibility index (Phi) is 4.97. The van der Waals surface area contributed by atoms with Crippen molar-refractivity contribution in [1.29, 1.82) is 0 Å². The Balaban J connectivity index is 2.27. The first-order chi connectivity index (χ1) is 9.87. The summed E-state index contributed by atoms with van der Waals surface area (Å²) in [7, 11) is 0. The van der Waals surface area contributed by atoms with Crippen molar-refractivity contribution >= 4 is 27.6 Å². The van der Waals surface area contributed by atoms with Gasteiger partial charge >= 0.3 is 5.97 Å². The van der Waals surface area contributed by atoms with E-state index >= 15 is 0 Å². The average Bonchev–Trinajstić information content (AvgIpc) is 2.40. The molecular formula is C17H24BrNO2. The molecule has 0 saturated heterocycles. The molecular weight excluding hydrogens is 330 g/mol. The molecule has 1 aliphatic carbocycles. The summed E-state index contributed by atoms with van der Waals surface area (Å²) in [6, 6.07) is 7.95. The minimum absolute atomic E-state index is 0.124. The molecule has 3 nitrogen and oxygen atoms in total. The summed E-state index contributed by atoms with van der Waals surface area (Å²) in [5.74, 6) is -0.124. The van der Waals surface area contributed by atoms with E-state index in [4.69, 9.17) is 4.74 Å². The van der Waals surface area contributed by atoms with Crippen LogP contribution in [0.1, 0.15) is 46.5 Å². The van der Waals surface area contributed by atoms with Crippen LogP contribution >= 0.6 is 15.9 Å². The van der Waals surface area contributed by atoms with Gasteiger partial charge in [-0.15, -0.1) is 0 Å². The zero-order chi connectivity index (χ0) is 15.5. The van der Waals surface area contributed by atoms with Crippen molar-refractivity contribution in [3.8, 4) is 0 Å². The van der Waals surface area contributed by atoms with Crippen LogP contribution in [-0.2, 0) is 9.53 Å². The summed E-state index contributed by atoms with van der Waals surface area (Å²) in [6.45, 7) is 6.73. The zero-order valence-electron chi connectivity index (χ0n) is 13.0. The fraction of sp³-hybridized carbons (Fsp3) is 0.588. The van der Waals surface area contributed by atoms with Crippen molar-refractivity contribution in [2.75, 3.05) is 11.9 Å². The number of carbonyl (C=O) groups is 1. The second kappa shape index (κ2) is 6.39. The Hall–Kier alpha value is -1.03. The van der Waals surface area contributed by atoms with Gasteiger partial charge in [-0.2, -0.15) is 0 Å². The molecule has 1 saturated carbocycles. The van der Waals surface area contributed by atoms with Crippen molar-refractivity contribution in [3.05, 3.63) is 28.7 Å². The van der Waals surface area contributed by atoms with Crippen LogP contribution in [0.5, 0.6) is 0 Å². The lowest BCUT2D eigenvalue weighted by Crippen LogP contribution is -2.52. The van der Waals surface area contributed by atoms with Gasteiger partial charge in [0.25, 0.3) is 0 Å². The van der Waals surface area contributed by atoms with Gasteiger partial charge in [-0.25, -0.2) is 4.79 Å². The standard InChI is InChI=1S/C17H24BrNO2/c1-4-21-15(20)17(11-5-10-16(2,3)12-17)19-14-8-6-13(18)7-9-14/h6-9,19H,4-5,10-12H2,1-3H3. The van der Waals surface area contributed by atoms with Crippen molar-refractivity contribution in [2.45, 2.75) is 52.0 Å². The highest BCUT2D eigenvalue weighted by Gasteiger charge is 2.46. The first-order valence-electron chi connectivity index (χ1n) is 7.58. The lowest BCUT2D eigenvalue weighted by molar-refractivity contribution is -0.151. The molecule has 4 heteroatoms. The van der Waals surface area contributed by atoms with Crippen LogP contribution < -0.4 is 5.32 Å². The molecule has 0 bridgehead atoms. The van der Waals surface area contributed by atoms with Gasteiger partial charge in [0.05, 0.1) is 6.61 Å². The molecule has 1 unspecified atom stereocenters. The quantitative estimate of drug-likeness (QED) is 0.792. The van der Waals surface area contributed by atoms with Crippen molar-refractivity contribution < 1.29 is 9.53 Å². The summed E-state index contributed by atoms with van der Waals surface area (Å²) in [6.07, 6.45) is 3.81. The van der Waals surface area contributed by atoms with Gasteiger partial charge in [-0.1, -0.05) is 29.8 Å². The largest absolute Gasteiger partial charge is 0.464 e. The van der Waals surface area contributed by atoms with Crippen LogP contribution in [0.15, 0.2) is 28.7 Å². The third kappa shape index (κ3) is 4.00. The van der Waals surface area contributed by atoms with E-state index < -0.39 is 5.54 Å². The van der Waals surface area contributed by atoms with E-state index in [1.165, 1.54) is 0 Å². The van der Waals surface area contributed by atoms with Crippen LogP contribution in [0.3, 0.4) is 0 Å². The maximum Gasteiger partial charge on any atom is 0.331 e. The molecule has 0 heterocycles. The minimum Gasteiger partial charge on any atom is -0.464 e. The van der Waals surface area contributed by atoms with Crippen molar-refractivity contribution in [2.24, 2.45) is 5.41 Å². The summed E-state index contributed by atoms with van der Waals surface area (Å²) < 4.78 is 6.39. The van der Waals surface area contributed by atoms with Gasteiger partial charge in [0.1, 0.15) is 5.54 Å². The summed E-state index contributed by atoms with van der Waals surface area (Å²) in [5, 5.41) is 3.47. The number of carbonyl (C=O) groups excluding carboxylic acids is 1. The second-order valence-corrected chi connectivity index (χ2v) is 7.54. The second-order valence-electron chi connectivity index (χ2n) is 6.63. The predicted octanol–water partition coefficient (Wildman–Crippen LogP) is 4.76. The van der Waals surface area contributed by atoms with Crippen LogP contribution in [0.25, 0.3) is 0 Å². The molecule has 0 aromatic heterocycles. The molecule has 1 fully saturated rings. The van der Waals surface area contributed by atoms with E-state index in [1.54, 1.807) is 0 Å². The molecule has 0 spiro atoms. The van der Waals surface area contributed by atoms with Crippen LogP contribution in [0, 0.1) is 5.41 Å². The number of esters is 1. The Bertz CT molecular complexity index is 498. The predicted molar refractivity (Wildman–Crippen MR) is 89.4 cm³/mol. The van der Waals surface area contributed by atoms with Gasteiger partial charge in [-0.05, 0) is 62.3 Å². The molecule has 0 amide bonds. The fourth-order valence-electron chi connectivity index (χ4n) is 3.27. The number of hydrogen-bond donors (Lipinski definition) is 1. The summed E-state index contributed by atoms with van der Waals surface area (Å²) in [4.78, 5) is 12.6. The lowest BCUT2D eigenvalue weighted by atomic mass is 9.68. The smallest absolute Gasteiger partial charge is 0.331 e. The van der Waals surface area contributed by atoms with Gasteiger partial charge < -0.3 is 10.1 Å². The maximum atomic E-state index is 12.6. The third-order valence-electron chi connectivity index (χ3n) is 4.13. The van der Waals surface area contributed by atoms with E-state index in [1.807, 2.05) is 31.2 Å². The first-order valence-corrected chi connectivity index (χ1v) is 8.37. The third-order valence-corrected chi connectivity index (χ3v) is 4.66. The molecule has 1 aromatic carbocycles. The number of nitrogens with one attached hydrogen (secondary N) is 1. The molecule has 1 atom stereocenters. The molecule has 1 N–H and O–H groups in total. The summed E-state index contributed by atoms with van der Waals surface area (Å²) >= 11 is 3.44. The summed E-state index contributed by atoms with van der Waals surface area (Å²) in [5.41, 5.74) is 0.503. The number of hydrogen-bond acceptors (Lipinski definition) is 3. The Labute approximate surface area is 135 Å². The van der Waals surface area contributed by atoms with E-state index in [-0.39, 0.29) is 11.4 Å². The molecule has 2 rings (SSSR count). The first kappa shape index (κ1) is 16.3. The van der Waals surface area contributed by atoms with E-state index in [9.17, 15) is 4.79 Å². The highest BCUT2D eigenvalue weighted by atomic mass is 79.9. The molecule has 0 radical (unpaired) electrons. The number of rotatable bonds is 4. The Morgan fingerprint density at radius 1 is 1.29 bits per heavy atom. The zero-order valence-corrected chi connectivity index (χ0v) is 14.6. The number of anilines is 1. The van der Waals surface area contributed by atoms with E-state index in [0.717, 1.165) is 35.8 Å².